The van der Waals surface area contributed by atoms with E-state index in [4.69, 9.17) is 0 Å². The predicted molar refractivity (Wildman–Crippen MR) is 91.6 cm³/mol. The minimum Gasteiger partial charge on any atom is -0.325 e. The molecule has 3 N–H and O–H groups in total. The lowest BCUT2D eigenvalue weighted by atomic mass is 9.93. The Labute approximate surface area is 133 Å². The normalized spacial score (nSPS) is 12.2. The lowest BCUT2D eigenvalue weighted by Gasteiger charge is -2.16. The van der Waals surface area contributed by atoms with Gasteiger partial charge in [-0.2, -0.15) is 0 Å². The van der Waals surface area contributed by atoms with E-state index in [1.165, 1.54) is 0 Å². The highest BCUT2D eigenvalue weighted by atomic mass is 16.2. The van der Waals surface area contributed by atoms with Gasteiger partial charge in [0, 0.05) is 5.69 Å². The fourth-order valence-corrected chi connectivity index (χ4v) is 2.76. The number of fused-ring (bicyclic) bond motifs is 1. The molecule has 0 aliphatic heterocycles. The Kier molecular flexibility index (Phi) is 4.28. The van der Waals surface area contributed by atoms with E-state index < -0.39 is 0 Å². The third-order valence-electron chi connectivity index (χ3n) is 3.88. The molecule has 0 saturated heterocycles. The number of imidazole rings is 1. The summed E-state index contributed by atoms with van der Waals surface area (Å²) in [6.45, 7) is 2.07. The van der Waals surface area contributed by atoms with Crippen molar-refractivity contribution >= 4 is 22.6 Å². The number of aromatic nitrogens is 2. The SMILES string of the molecule is CCCC(C(=O)Nc1ccc2[nH]c(=O)[nH]c2c1)c1ccccc1. The Morgan fingerprint density at radius 2 is 1.83 bits per heavy atom. The molecule has 3 rings (SSSR count). The number of carbonyl (C=O) groups is 1. The van der Waals surface area contributed by atoms with Crippen LogP contribution in [0.25, 0.3) is 11.0 Å². The molecule has 23 heavy (non-hydrogen) atoms. The number of nitrogens with one attached hydrogen (secondary N) is 3. The second kappa shape index (κ2) is 6.52. The highest BCUT2D eigenvalue weighted by molar-refractivity contribution is 5.97. The first-order valence-corrected chi connectivity index (χ1v) is 7.75. The lowest BCUT2D eigenvalue weighted by molar-refractivity contribution is -0.117. The Morgan fingerprint density at radius 3 is 2.57 bits per heavy atom. The van der Waals surface area contributed by atoms with Gasteiger partial charge in [-0.25, -0.2) is 4.79 Å². The molecule has 2 aromatic carbocycles. The third kappa shape index (κ3) is 3.34. The molecule has 1 amide bonds. The smallest absolute Gasteiger partial charge is 0.323 e. The summed E-state index contributed by atoms with van der Waals surface area (Å²) < 4.78 is 0. The Morgan fingerprint density at radius 1 is 1.09 bits per heavy atom. The number of aromatic amines is 2. The van der Waals surface area contributed by atoms with Gasteiger partial charge in [0.15, 0.2) is 0 Å². The van der Waals surface area contributed by atoms with Gasteiger partial charge in [-0.3, -0.25) is 4.79 Å². The molecular formula is C18H19N3O2. The van der Waals surface area contributed by atoms with Gasteiger partial charge in [-0.1, -0.05) is 43.7 Å². The third-order valence-corrected chi connectivity index (χ3v) is 3.88. The molecule has 1 atom stereocenters. The van der Waals surface area contributed by atoms with Gasteiger partial charge >= 0.3 is 5.69 Å². The summed E-state index contributed by atoms with van der Waals surface area (Å²) in [5.41, 5.74) is 2.84. The Hall–Kier alpha value is -2.82. The van der Waals surface area contributed by atoms with E-state index >= 15 is 0 Å². The van der Waals surface area contributed by atoms with E-state index in [2.05, 4.69) is 22.2 Å². The number of anilines is 1. The van der Waals surface area contributed by atoms with Crippen LogP contribution in [0.3, 0.4) is 0 Å². The maximum absolute atomic E-state index is 12.7. The first kappa shape index (κ1) is 15.1. The van der Waals surface area contributed by atoms with Gasteiger partial charge in [0.05, 0.1) is 17.0 Å². The predicted octanol–water partition coefficient (Wildman–Crippen LogP) is 3.38. The fourth-order valence-electron chi connectivity index (χ4n) is 2.76. The number of rotatable bonds is 5. The minimum atomic E-state index is -0.253. The van der Waals surface area contributed by atoms with Crippen molar-refractivity contribution in [2.75, 3.05) is 5.32 Å². The van der Waals surface area contributed by atoms with Crippen LogP contribution in [0.4, 0.5) is 5.69 Å². The van der Waals surface area contributed by atoms with Crippen LogP contribution in [0, 0.1) is 0 Å². The summed E-state index contributed by atoms with van der Waals surface area (Å²) in [6, 6.07) is 15.1. The van der Waals surface area contributed by atoms with Crippen molar-refractivity contribution in [2.24, 2.45) is 0 Å². The van der Waals surface area contributed by atoms with Gasteiger partial charge < -0.3 is 15.3 Å². The van der Waals surface area contributed by atoms with Gasteiger partial charge in [0.1, 0.15) is 0 Å². The van der Waals surface area contributed by atoms with E-state index in [0.29, 0.717) is 11.2 Å². The molecule has 1 heterocycles. The van der Waals surface area contributed by atoms with Gasteiger partial charge in [-0.05, 0) is 30.2 Å². The molecule has 0 radical (unpaired) electrons. The first-order chi connectivity index (χ1) is 11.2. The maximum Gasteiger partial charge on any atom is 0.323 e. The van der Waals surface area contributed by atoms with Crippen molar-refractivity contribution in [1.82, 2.24) is 9.97 Å². The van der Waals surface area contributed by atoms with Crippen molar-refractivity contribution < 1.29 is 4.79 Å². The molecule has 5 nitrogen and oxygen atoms in total. The molecule has 1 aromatic heterocycles. The highest BCUT2D eigenvalue weighted by Gasteiger charge is 2.19. The van der Waals surface area contributed by atoms with E-state index in [1.54, 1.807) is 18.2 Å². The van der Waals surface area contributed by atoms with Crippen LogP contribution in [0.1, 0.15) is 31.2 Å². The van der Waals surface area contributed by atoms with E-state index in [9.17, 15) is 9.59 Å². The summed E-state index contributed by atoms with van der Waals surface area (Å²) in [7, 11) is 0. The number of carbonyl (C=O) groups excluding carboxylic acids is 1. The van der Waals surface area contributed by atoms with E-state index in [0.717, 1.165) is 23.9 Å². The average Bonchev–Trinajstić information content (AvgIpc) is 2.92. The molecule has 0 aliphatic rings. The zero-order valence-electron chi connectivity index (χ0n) is 12.9. The quantitative estimate of drug-likeness (QED) is 0.675. The molecule has 0 fully saturated rings. The number of hydrogen-bond donors (Lipinski definition) is 3. The Bertz CT molecular complexity index is 865. The standard InChI is InChI=1S/C18H19N3O2/c1-2-6-14(12-7-4-3-5-8-12)17(22)19-13-9-10-15-16(11-13)21-18(23)20-15/h3-5,7-11,14H,2,6H2,1H3,(H,19,22)(H2,20,21,23). The number of H-pyrrole nitrogens is 2. The van der Waals surface area contributed by atoms with Gasteiger partial charge in [-0.15, -0.1) is 0 Å². The summed E-state index contributed by atoms with van der Waals surface area (Å²) in [4.78, 5) is 29.3. The Balaban J connectivity index is 1.83. The zero-order valence-corrected chi connectivity index (χ0v) is 12.9. The number of amides is 1. The number of hydrogen-bond acceptors (Lipinski definition) is 2. The van der Waals surface area contributed by atoms with Crippen molar-refractivity contribution in [1.29, 1.82) is 0 Å². The van der Waals surface area contributed by atoms with E-state index in [1.807, 2.05) is 30.3 Å². The second-order valence-electron chi connectivity index (χ2n) is 5.58. The van der Waals surface area contributed by atoms with Crippen LogP contribution in [0.5, 0.6) is 0 Å². The fraction of sp³-hybridized carbons (Fsp3) is 0.222. The molecule has 3 aromatic rings. The maximum atomic E-state index is 12.7. The topological polar surface area (TPSA) is 77.8 Å². The van der Waals surface area contributed by atoms with Crippen molar-refractivity contribution in [2.45, 2.75) is 25.7 Å². The molecule has 0 spiro atoms. The number of benzene rings is 2. The van der Waals surface area contributed by atoms with Crippen molar-refractivity contribution in [3.05, 3.63) is 64.6 Å². The van der Waals surface area contributed by atoms with Crippen LogP contribution in [0.2, 0.25) is 0 Å². The molecule has 1 unspecified atom stereocenters. The highest BCUT2D eigenvalue weighted by Crippen LogP contribution is 2.24. The average molecular weight is 309 g/mol. The molecule has 0 saturated carbocycles. The van der Waals surface area contributed by atoms with Crippen molar-refractivity contribution in [3.63, 3.8) is 0 Å². The molecular weight excluding hydrogens is 290 g/mol. The summed E-state index contributed by atoms with van der Waals surface area (Å²) >= 11 is 0. The molecule has 5 heteroatoms. The lowest BCUT2D eigenvalue weighted by Crippen LogP contribution is -2.21. The monoisotopic (exact) mass is 309 g/mol. The van der Waals surface area contributed by atoms with Crippen LogP contribution in [0.15, 0.2) is 53.3 Å². The van der Waals surface area contributed by atoms with Crippen LogP contribution >= 0.6 is 0 Å². The van der Waals surface area contributed by atoms with Crippen LogP contribution in [-0.4, -0.2) is 15.9 Å². The molecule has 0 aliphatic carbocycles. The van der Waals surface area contributed by atoms with Crippen LogP contribution < -0.4 is 11.0 Å². The summed E-state index contributed by atoms with van der Waals surface area (Å²) in [5.74, 6) is -0.211. The first-order valence-electron chi connectivity index (χ1n) is 7.75. The zero-order chi connectivity index (χ0) is 16.2. The minimum absolute atomic E-state index is 0.0321. The van der Waals surface area contributed by atoms with Crippen molar-refractivity contribution in [3.8, 4) is 0 Å². The van der Waals surface area contributed by atoms with Crippen LogP contribution in [-0.2, 0) is 4.79 Å². The molecule has 118 valence electrons. The largest absolute Gasteiger partial charge is 0.325 e. The molecule has 0 bridgehead atoms. The van der Waals surface area contributed by atoms with Gasteiger partial charge in [0.25, 0.3) is 0 Å². The van der Waals surface area contributed by atoms with E-state index in [-0.39, 0.29) is 17.5 Å². The summed E-state index contributed by atoms with van der Waals surface area (Å²) in [6.07, 6.45) is 1.72. The van der Waals surface area contributed by atoms with Gasteiger partial charge in [0.2, 0.25) is 5.91 Å². The second-order valence-corrected chi connectivity index (χ2v) is 5.58. The summed E-state index contributed by atoms with van der Waals surface area (Å²) in [5, 5.41) is 2.95.